The summed E-state index contributed by atoms with van der Waals surface area (Å²) in [4.78, 5) is 29.4. The molecule has 7 nitrogen and oxygen atoms in total. The number of likely N-dealkylation sites (tertiary alicyclic amines) is 1. The summed E-state index contributed by atoms with van der Waals surface area (Å²) in [5.41, 5.74) is 1.08. The van der Waals surface area contributed by atoms with Crippen molar-refractivity contribution in [2.75, 3.05) is 37.9 Å². The third-order valence-electron chi connectivity index (χ3n) is 6.55. The quantitative estimate of drug-likeness (QED) is 0.695. The monoisotopic (exact) mass is 473 g/mol. The summed E-state index contributed by atoms with van der Waals surface area (Å²) < 4.78 is 25.4. The van der Waals surface area contributed by atoms with Gasteiger partial charge < -0.3 is 19.7 Å². The second kappa shape index (κ2) is 9.19. The number of rotatable bonds is 6. The second-order valence-corrected chi connectivity index (χ2v) is 8.99. The molecule has 2 atom stereocenters. The molecule has 0 radical (unpaired) electrons. The van der Waals surface area contributed by atoms with E-state index in [1.165, 1.54) is 6.07 Å². The van der Waals surface area contributed by atoms with Gasteiger partial charge in [-0.3, -0.25) is 14.5 Å². The molecule has 174 valence electrons. The first-order valence-electron chi connectivity index (χ1n) is 11.2. The fourth-order valence-corrected chi connectivity index (χ4v) is 5.11. The van der Waals surface area contributed by atoms with E-state index in [9.17, 15) is 14.0 Å². The number of hydrogen-bond donors (Lipinski definition) is 1. The van der Waals surface area contributed by atoms with Crippen LogP contribution in [-0.4, -0.2) is 49.7 Å². The molecule has 3 aliphatic rings. The number of fused-ring (bicyclic) bond motifs is 1. The Hall–Kier alpha value is -2.84. The Labute approximate surface area is 196 Å². The number of nitrogens with zero attached hydrogens (tertiary/aromatic N) is 2. The molecular formula is C24H25ClFN3O4. The van der Waals surface area contributed by atoms with Gasteiger partial charge in [0, 0.05) is 41.9 Å². The van der Waals surface area contributed by atoms with E-state index in [-0.39, 0.29) is 50.0 Å². The molecule has 0 aromatic heterocycles. The molecule has 2 fully saturated rings. The summed E-state index contributed by atoms with van der Waals surface area (Å²) in [5.74, 6) is 0.0188. The minimum atomic E-state index is -0.488. The predicted octanol–water partition coefficient (Wildman–Crippen LogP) is 3.51. The molecule has 2 aromatic carbocycles. The van der Waals surface area contributed by atoms with Crippen molar-refractivity contribution >= 4 is 29.1 Å². The number of anilines is 1. The lowest BCUT2D eigenvalue weighted by Crippen LogP contribution is -2.40. The minimum Gasteiger partial charge on any atom is -0.454 e. The topological polar surface area (TPSA) is 71.1 Å². The number of benzene rings is 2. The Bertz CT molecular complexity index is 1060. The van der Waals surface area contributed by atoms with Crippen molar-refractivity contribution < 1.29 is 23.5 Å². The van der Waals surface area contributed by atoms with Gasteiger partial charge >= 0.3 is 0 Å². The Kier molecular flexibility index (Phi) is 6.12. The van der Waals surface area contributed by atoms with Gasteiger partial charge in [-0.15, -0.1) is 0 Å². The van der Waals surface area contributed by atoms with Crippen LogP contribution in [0, 0.1) is 11.7 Å². The highest BCUT2D eigenvalue weighted by molar-refractivity contribution is 6.31. The maximum absolute atomic E-state index is 14.7. The lowest BCUT2D eigenvalue weighted by atomic mass is 10.0. The lowest BCUT2D eigenvalue weighted by molar-refractivity contribution is -0.126. The molecule has 9 heteroatoms. The van der Waals surface area contributed by atoms with Crippen LogP contribution in [0.25, 0.3) is 0 Å². The Morgan fingerprint density at radius 2 is 1.97 bits per heavy atom. The first kappa shape index (κ1) is 22.0. The highest BCUT2D eigenvalue weighted by Crippen LogP contribution is 2.37. The molecule has 0 spiro atoms. The fourth-order valence-electron chi connectivity index (χ4n) is 4.82. The van der Waals surface area contributed by atoms with Gasteiger partial charge in [0.1, 0.15) is 5.82 Å². The summed E-state index contributed by atoms with van der Waals surface area (Å²) in [5, 5.41) is 3.31. The van der Waals surface area contributed by atoms with E-state index in [1.54, 1.807) is 35.2 Å². The third kappa shape index (κ3) is 4.37. The van der Waals surface area contributed by atoms with Crippen molar-refractivity contribution in [3.63, 3.8) is 0 Å². The normalized spacial score (nSPS) is 21.0. The van der Waals surface area contributed by atoms with Crippen LogP contribution in [0.5, 0.6) is 11.5 Å². The van der Waals surface area contributed by atoms with Crippen molar-refractivity contribution in [3.05, 3.63) is 52.8 Å². The number of carbonyl (C=O) groups excluding carboxylic acids is 2. The molecule has 5 rings (SSSR count). The summed E-state index contributed by atoms with van der Waals surface area (Å²) in [6.07, 6.45) is 2.17. The van der Waals surface area contributed by atoms with Crippen LogP contribution >= 0.6 is 11.6 Å². The van der Waals surface area contributed by atoms with Crippen LogP contribution in [0.4, 0.5) is 10.1 Å². The standard InChI is InChI=1S/C24H25ClFN3O4/c25-17-4-3-5-18(26)23(17)19(28-8-1-2-9-28)12-27-24(31)15-10-22(30)29(13-15)16-6-7-20-21(11-16)33-14-32-20/h3-7,11,15,19H,1-2,8-10,12-14H2,(H,27,31). The van der Waals surface area contributed by atoms with Crippen LogP contribution < -0.4 is 19.7 Å². The van der Waals surface area contributed by atoms with Crippen molar-refractivity contribution in [1.82, 2.24) is 10.2 Å². The molecule has 0 bridgehead atoms. The number of ether oxygens (including phenoxy) is 2. The molecular weight excluding hydrogens is 449 g/mol. The zero-order chi connectivity index (χ0) is 22.9. The molecule has 2 unspecified atom stereocenters. The van der Waals surface area contributed by atoms with Gasteiger partial charge in [-0.05, 0) is 50.2 Å². The number of carbonyl (C=O) groups is 2. The van der Waals surface area contributed by atoms with E-state index >= 15 is 0 Å². The van der Waals surface area contributed by atoms with Gasteiger partial charge in [0.25, 0.3) is 0 Å². The van der Waals surface area contributed by atoms with Crippen LogP contribution in [0.3, 0.4) is 0 Å². The molecule has 0 saturated carbocycles. The van der Waals surface area contributed by atoms with E-state index < -0.39 is 5.92 Å². The first-order valence-corrected chi connectivity index (χ1v) is 11.5. The first-order chi connectivity index (χ1) is 16.0. The van der Waals surface area contributed by atoms with Gasteiger partial charge in [0.15, 0.2) is 11.5 Å². The van der Waals surface area contributed by atoms with Crippen LogP contribution in [0.2, 0.25) is 5.02 Å². The Morgan fingerprint density at radius 3 is 2.76 bits per heavy atom. The number of halogens is 2. The second-order valence-electron chi connectivity index (χ2n) is 8.58. The third-order valence-corrected chi connectivity index (χ3v) is 6.88. The molecule has 2 aromatic rings. The van der Waals surface area contributed by atoms with Gasteiger partial charge in [0.05, 0.1) is 12.0 Å². The van der Waals surface area contributed by atoms with Gasteiger partial charge in [-0.25, -0.2) is 4.39 Å². The number of nitrogens with one attached hydrogen (secondary N) is 1. The van der Waals surface area contributed by atoms with Crippen molar-refractivity contribution in [2.24, 2.45) is 5.92 Å². The summed E-state index contributed by atoms with van der Waals surface area (Å²) >= 11 is 6.34. The van der Waals surface area contributed by atoms with Crippen molar-refractivity contribution in [1.29, 1.82) is 0 Å². The zero-order valence-corrected chi connectivity index (χ0v) is 18.8. The summed E-state index contributed by atoms with van der Waals surface area (Å²) in [6.45, 7) is 2.31. The maximum Gasteiger partial charge on any atom is 0.231 e. The molecule has 2 amide bonds. The largest absolute Gasteiger partial charge is 0.454 e. The Balaban J connectivity index is 1.27. The fraction of sp³-hybridized carbons (Fsp3) is 0.417. The highest BCUT2D eigenvalue weighted by Gasteiger charge is 2.36. The molecule has 3 aliphatic heterocycles. The van der Waals surface area contributed by atoms with Crippen LogP contribution in [0.15, 0.2) is 36.4 Å². The SMILES string of the molecule is O=C(NCC(c1c(F)cccc1Cl)N1CCCC1)C1CC(=O)N(c2ccc3c(c2)OCO3)C1. The molecule has 1 N–H and O–H groups in total. The van der Waals surface area contributed by atoms with Crippen LogP contribution in [0.1, 0.15) is 30.9 Å². The number of hydrogen-bond acceptors (Lipinski definition) is 5. The van der Waals surface area contributed by atoms with E-state index in [0.29, 0.717) is 27.8 Å². The lowest BCUT2D eigenvalue weighted by Gasteiger charge is -2.29. The number of amides is 2. The van der Waals surface area contributed by atoms with Crippen molar-refractivity contribution in [2.45, 2.75) is 25.3 Å². The van der Waals surface area contributed by atoms with Gasteiger partial charge in [0.2, 0.25) is 18.6 Å². The average molecular weight is 474 g/mol. The van der Waals surface area contributed by atoms with Gasteiger partial charge in [-0.1, -0.05) is 17.7 Å². The van der Waals surface area contributed by atoms with E-state index in [1.807, 2.05) is 0 Å². The minimum absolute atomic E-state index is 0.120. The Morgan fingerprint density at radius 1 is 1.18 bits per heavy atom. The molecule has 2 saturated heterocycles. The van der Waals surface area contributed by atoms with Crippen molar-refractivity contribution in [3.8, 4) is 11.5 Å². The van der Waals surface area contributed by atoms with Crippen LogP contribution in [-0.2, 0) is 9.59 Å². The highest BCUT2D eigenvalue weighted by atomic mass is 35.5. The maximum atomic E-state index is 14.7. The van der Waals surface area contributed by atoms with E-state index in [0.717, 1.165) is 25.9 Å². The van der Waals surface area contributed by atoms with E-state index in [2.05, 4.69) is 10.2 Å². The molecule has 3 heterocycles. The summed E-state index contributed by atoms with van der Waals surface area (Å²) in [7, 11) is 0. The smallest absolute Gasteiger partial charge is 0.231 e. The zero-order valence-electron chi connectivity index (χ0n) is 18.1. The van der Waals surface area contributed by atoms with E-state index in [4.69, 9.17) is 21.1 Å². The van der Waals surface area contributed by atoms with Gasteiger partial charge in [-0.2, -0.15) is 0 Å². The predicted molar refractivity (Wildman–Crippen MR) is 121 cm³/mol. The summed E-state index contributed by atoms with van der Waals surface area (Å²) in [6, 6.07) is 9.59. The molecule has 0 aliphatic carbocycles. The molecule has 33 heavy (non-hydrogen) atoms. The average Bonchev–Trinajstić information content (AvgIpc) is 3.55.